The van der Waals surface area contributed by atoms with Crippen LogP contribution in [0.1, 0.15) is 380 Å². The van der Waals surface area contributed by atoms with E-state index in [-0.39, 0.29) is 18.9 Å². The topological polar surface area (TPSA) is 228 Å². The third-order valence-electron chi connectivity index (χ3n) is 19.9. The Bertz CT molecular complexity index is 1650. The summed E-state index contributed by atoms with van der Waals surface area (Å²) in [6.45, 7) is 2.85. The standard InChI is InChI=1S/C79H151NO13/c1-3-5-7-9-11-13-15-17-19-21-23-25-27-29-30-31-32-33-34-35-36-37-39-41-43-45-47-49-51-53-55-57-59-61-63-71(84)80-67(66-90-78-76(89)74(87)77(70(65-82)92-78)93-79-75(88)73(86)72(85)69(64-81)91-79)68(83)62-60-58-56-54-52-50-48-46-44-42-40-38-28-26-24-22-20-18-16-14-12-10-8-6-4-2/h52,54,60,62,67-70,72-79,81-83,85-89H,3-51,53,55-59,61,63-66H2,1-2H3,(H,80,84)/b54-52+,62-60+. The summed E-state index contributed by atoms with van der Waals surface area (Å²) in [4.78, 5) is 13.4. The van der Waals surface area contributed by atoms with Gasteiger partial charge in [0, 0.05) is 6.42 Å². The number of aliphatic hydroxyl groups is 8. The van der Waals surface area contributed by atoms with E-state index < -0.39 is 86.8 Å². The monoisotopic (exact) mass is 1320 g/mol. The molecule has 550 valence electrons. The SMILES string of the molecule is CCCCCCCCCCCCCCCCCCCCC/C=C/CC/C=C/C(O)C(COC1OC(CO)C(OC2OC(CO)C(O)C(O)C2O)C(O)C1O)NC(=O)CCCCCCCCCCCCCCCCCCCCCCCCCCCCCCCCCCCC. The lowest BCUT2D eigenvalue weighted by Crippen LogP contribution is -2.65. The van der Waals surface area contributed by atoms with Gasteiger partial charge in [-0.25, -0.2) is 0 Å². The van der Waals surface area contributed by atoms with Gasteiger partial charge in [-0.3, -0.25) is 4.79 Å². The Balaban J connectivity index is 1.61. The Kier molecular flexibility index (Phi) is 60.1. The first kappa shape index (κ1) is 87.6. The highest BCUT2D eigenvalue weighted by molar-refractivity contribution is 5.76. The minimum Gasteiger partial charge on any atom is -0.394 e. The van der Waals surface area contributed by atoms with Crippen molar-refractivity contribution in [1.82, 2.24) is 5.32 Å². The van der Waals surface area contributed by atoms with Gasteiger partial charge >= 0.3 is 0 Å². The van der Waals surface area contributed by atoms with Crippen molar-refractivity contribution >= 4 is 5.91 Å². The van der Waals surface area contributed by atoms with Crippen molar-refractivity contribution in [3.05, 3.63) is 24.3 Å². The number of allylic oxidation sites excluding steroid dienone is 3. The van der Waals surface area contributed by atoms with Crippen LogP contribution in [0.3, 0.4) is 0 Å². The maximum atomic E-state index is 13.4. The molecule has 2 fully saturated rings. The van der Waals surface area contributed by atoms with Crippen LogP contribution in [0.4, 0.5) is 0 Å². The second-order valence-electron chi connectivity index (χ2n) is 28.5. The minimum absolute atomic E-state index is 0.240. The van der Waals surface area contributed by atoms with Gasteiger partial charge in [0.2, 0.25) is 5.91 Å². The normalized spacial score (nSPS) is 22.6. The molecule has 0 radical (unpaired) electrons. The summed E-state index contributed by atoms with van der Waals surface area (Å²) >= 11 is 0. The zero-order chi connectivity index (χ0) is 67.3. The van der Waals surface area contributed by atoms with Gasteiger partial charge in [-0.2, -0.15) is 0 Å². The molecule has 12 atom stereocenters. The molecule has 2 aliphatic rings. The number of hydrogen-bond donors (Lipinski definition) is 9. The summed E-state index contributed by atoms with van der Waals surface area (Å²) in [5.41, 5.74) is 0. The predicted molar refractivity (Wildman–Crippen MR) is 383 cm³/mol. The van der Waals surface area contributed by atoms with E-state index in [1.807, 2.05) is 6.08 Å². The second kappa shape index (κ2) is 63.9. The van der Waals surface area contributed by atoms with Crippen LogP contribution in [0.5, 0.6) is 0 Å². The number of nitrogens with one attached hydrogen (secondary N) is 1. The molecule has 0 bridgehead atoms. The molecule has 14 heteroatoms. The molecule has 93 heavy (non-hydrogen) atoms. The van der Waals surface area contributed by atoms with E-state index in [2.05, 4.69) is 31.3 Å². The first-order valence-electron chi connectivity index (χ1n) is 40.1. The Morgan fingerprint density at radius 2 is 0.688 bits per heavy atom. The van der Waals surface area contributed by atoms with Gasteiger partial charge in [-0.1, -0.05) is 366 Å². The van der Waals surface area contributed by atoms with Gasteiger partial charge in [0.05, 0.1) is 32.0 Å². The van der Waals surface area contributed by atoms with Crippen molar-refractivity contribution in [1.29, 1.82) is 0 Å². The first-order chi connectivity index (χ1) is 45.6. The molecular weight excluding hydrogens is 1170 g/mol. The highest BCUT2D eigenvalue weighted by atomic mass is 16.7. The molecule has 12 unspecified atom stereocenters. The van der Waals surface area contributed by atoms with Crippen molar-refractivity contribution in [2.24, 2.45) is 0 Å². The smallest absolute Gasteiger partial charge is 0.220 e. The number of rotatable bonds is 68. The average Bonchev–Trinajstić information content (AvgIpc) is 0.855. The molecule has 14 nitrogen and oxygen atoms in total. The second-order valence-corrected chi connectivity index (χ2v) is 28.5. The molecule has 2 heterocycles. The highest BCUT2D eigenvalue weighted by Gasteiger charge is 2.51. The zero-order valence-corrected chi connectivity index (χ0v) is 60.3. The van der Waals surface area contributed by atoms with Crippen molar-refractivity contribution in [2.75, 3.05) is 19.8 Å². The number of carbonyl (C=O) groups is 1. The van der Waals surface area contributed by atoms with Crippen LogP contribution in [0.2, 0.25) is 0 Å². The van der Waals surface area contributed by atoms with E-state index in [4.69, 9.17) is 18.9 Å². The van der Waals surface area contributed by atoms with Crippen LogP contribution >= 0.6 is 0 Å². The Morgan fingerprint density at radius 1 is 0.376 bits per heavy atom. The molecule has 0 aromatic carbocycles. The zero-order valence-electron chi connectivity index (χ0n) is 60.3. The van der Waals surface area contributed by atoms with E-state index >= 15 is 0 Å². The lowest BCUT2D eigenvalue weighted by Gasteiger charge is -2.46. The summed E-state index contributed by atoms with van der Waals surface area (Å²) < 4.78 is 22.9. The number of carbonyl (C=O) groups excluding carboxylic acids is 1. The molecule has 0 aromatic rings. The Morgan fingerprint density at radius 3 is 1.05 bits per heavy atom. The third-order valence-corrected chi connectivity index (χ3v) is 19.9. The summed E-state index contributed by atoms with van der Waals surface area (Å²) in [7, 11) is 0. The van der Waals surface area contributed by atoms with Crippen LogP contribution in [0, 0.1) is 0 Å². The average molecular weight is 1320 g/mol. The van der Waals surface area contributed by atoms with Crippen LogP contribution < -0.4 is 5.32 Å². The molecular formula is C79H151NO13. The molecule has 0 spiro atoms. The fraction of sp³-hybridized carbons (Fsp3) is 0.937. The summed E-state index contributed by atoms with van der Waals surface area (Å²) in [5, 5.41) is 87.6. The predicted octanol–water partition coefficient (Wildman–Crippen LogP) is 17.9. The van der Waals surface area contributed by atoms with Crippen molar-refractivity contribution in [3.8, 4) is 0 Å². The number of aliphatic hydroxyl groups excluding tert-OH is 8. The van der Waals surface area contributed by atoms with Crippen molar-refractivity contribution in [2.45, 2.75) is 453 Å². The molecule has 2 saturated heterocycles. The van der Waals surface area contributed by atoms with Crippen LogP contribution in [0.25, 0.3) is 0 Å². The number of ether oxygens (including phenoxy) is 4. The fourth-order valence-corrected chi connectivity index (χ4v) is 13.6. The summed E-state index contributed by atoms with van der Waals surface area (Å²) in [6, 6.07) is -0.930. The van der Waals surface area contributed by atoms with E-state index in [1.54, 1.807) is 6.08 Å². The van der Waals surface area contributed by atoms with Gasteiger partial charge in [0.15, 0.2) is 12.6 Å². The van der Waals surface area contributed by atoms with E-state index in [0.29, 0.717) is 12.8 Å². The Labute approximate surface area is 570 Å². The van der Waals surface area contributed by atoms with Crippen molar-refractivity contribution in [3.63, 3.8) is 0 Å². The van der Waals surface area contributed by atoms with Crippen LogP contribution in [0.15, 0.2) is 24.3 Å². The maximum absolute atomic E-state index is 13.4. The summed E-state index contributed by atoms with van der Waals surface area (Å²) in [6.07, 6.45) is 65.6. The third kappa shape index (κ3) is 47.2. The fourth-order valence-electron chi connectivity index (χ4n) is 13.6. The molecule has 0 aromatic heterocycles. The van der Waals surface area contributed by atoms with E-state index in [1.165, 1.54) is 315 Å². The van der Waals surface area contributed by atoms with Gasteiger partial charge < -0.3 is 65.1 Å². The maximum Gasteiger partial charge on any atom is 0.220 e. The lowest BCUT2D eigenvalue weighted by atomic mass is 9.97. The quantitative estimate of drug-likeness (QED) is 0.0204. The van der Waals surface area contributed by atoms with Gasteiger partial charge in [0.1, 0.15) is 48.8 Å². The van der Waals surface area contributed by atoms with Gasteiger partial charge in [0.25, 0.3) is 0 Å². The molecule has 2 aliphatic heterocycles. The number of amides is 1. The molecule has 1 amide bonds. The first-order valence-corrected chi connectivity index (χ1v) is 40.1. The number of unbranched alkanes of at least 4 members (excludes halogenated alkanes) is 53. The van der Waals surface area contributed by atoms with Crippen LogP contribution in [-0.4, -0.2) is 140 Å². The van der Waals surface area contributed by atoms with Gasteiger partial charge in [-0.15, -0.1) is 0 Å². The molecule has 2 rings (SSSR count). The summed E-state index contributed by atoms with van der Waals surface area (Å²) in [5.74, 6) is -0.240. The lowest BCUT2D eigenvalue weighted by molar-refractivity contribution is -0.359. The Hall–Kier alpha value is -1.53. The minimum atomic E-state index is -1.79. The molecule has 0 aliphatic carbocycles. The van der Waals surface area contributed by atoms with Crippen molar-refractivity contribution < 1.29 is 64.6 Å². The molecule has 0 saturated carbocycles. The van der Waals surface area contributed by atoms with E-state index in [9.17, 15) is 45.6 Å². The van der Waals surface area contributed by atoms with Crippen LogP contribution in [-0.2, 0) is 23.7 Å². The van der Waals surface area contributed by atoms with E-state index in [0.717, 1.165) is 32.1 Å². The van der Waals surface area contributed by atoms with Gasteiger partial charge in [-0.05, 0) is 32.1 Å². The molecule has 9 N–H and O–H groups in total. The highest BCUT2D eigenvalue weighted by Crippen LogP contribution is 2.30. The largest absolute Gasteiger partial charge is 0.394 e. The number of hydrogen-bond acceptors (Lipinski definition) is 13.